The molecule has 11 heteroatoms. The summed E-state index contributed by atoms with van der Waals surface area (Å²) >= 11 is 0. The molecule has 1 aliphatic heterocycles. The number of pyridine rings is 1. The number of nitrogens with one attached hydrogen (secondary N) is 2. The summed E-state index contributed by atoms with van der Waals surface area (Å²) in [7, 11) is 2.14. The van der Waals surface area contributed by atoms with E-state index in [1.54, 1.807) is 4.68 Å². The van der Waals surface area contributed by atoms with Gasteiger partial charge in [-0.3, -0.25) is 14.6 Å². The van der Waals surface area contributed by atoms with Gasteiger partial charge in [-0.15, -0.1) is 10.2 Å². The lowest BCUT2D eigenvalue weighted by atomic mass is 9.85. The molecule has 47 heavy (non-hydrogen) atoms. The van der Waals surface area contributed by atoms with Gasteiger partial charge in [0.2, 0.25) is 0 Å². The molecule has 0 radical (unpaired) electrons. The Bertz CT molecular complexity index is 1910. The molecule has 3 aromatic heterocycles. The SMILES string of the molecule is CN1CCC[C@H]1c1nnc2ccc(O[C@@H]3CC[C@H](NC(=O)Nc4cc(C(C)(C)C)nn4-c4cccc(CO)c4)c4ccccc43)cn12. The van der Waals surface area contributed by atoms with E-state index in [4.69, 9.17) is 9.84 Å². The van der Waals surface area contributed by atoms with Gasteiger partial charge in [0.1, 0.15) is 17.7 Å². The van der Waals surface area contributed by atoms with E-state index < -0.39 is 0 Å². The van der Waals surface area contributed by atoms with E-state index in [9.17, 15) is 9.90 Å². The molecule has 0 bridgehead atoms. The Kier molecular flexibility index (Phi) is 8.19. The Balaban J connectivity index is 1.09. The van der Waals surface area contributed by atoms with Gasteiger partial charge in [0.15, 0.2) is 11.5 Å². The number of aliphatic hydroxyl groups is 1. The smallest absolute Gasteiger partial charge is 0.320 e. The second-order valence-electron chi connectivity index (χ2n) is 13.7. The molecule has 0 saturated carbocycles. The largest absolute Gasteiger partial charge is 0.484 e. The van der Waals surface area contributed by atoms with Crippen molar-refractivity contribution >= 4 is 17.5 Å². The van der Waals surface area contributed by atoms with E-state index in [2.05, 4.69) is 70.1 Å². The number of likely N-dealkylation sites (tertiary alicyclic amines) is 1. The number of carbonyl (C=O) groups excluding carboxylic acids is 1. The maximum absolute atomic E-state index is 13.5. The lowest BCUT2D eigenvalue weighted by molar-refractivity contribution is 0.171. The number of urea groups is 1. The fraction of sp³-hybridized carbons (Fsp3) is 0.389. The van der Waals surface area contributed by atoms with Crippen LogP contribution in [0.15, 0.2) is 72.9 Å². The first-order chi connectivity index (χ1) is 22.7. The zero-order valence-electron chi connectivity index (χ0n) is 27.3. The molecule has 3 atom stereocenters. The van der Waals surface area contributed by atoms with Gasteiger partial charge in [-0.05, 0) is 80.2 Å². The minimum Gasteiger partial charge on any atom is -0.484 e. The Morgan fingerprint density at radius 2 is 1.83 bits per heavy atom. The summed E-state index contributed by atoms with van der Waals surface area (Å²) in [6.07, 6.45) is 5.51. The molecule has 7 rings (SSSR count). The molecule has 2 aromatic carbocycles. The second-order valence-corrected chi connectivity index (χ2v) is 13.7. The monoisotopic (exact) mass is 634 g/mol. The molecule has 4 heterocycles. The molecule has 1 saturated heterocycles. The van der Waals surface area contributed by atoms with Crippen molar-refractivity contribution in [3.8, 4) is 11.4 Å². The van der Waals surface area contributed by atoms with Gasteiger partial charge in [0, 0.05) is 11.5 Å². The summed E-state index contributed by atoms with van der Waals surface area (Å²) in [5.41, 5.74) is 5.06. The highest BCUT2D eigenvalue weighted by molar-refractivity contribution is 5.89. The number of anilines is 1. The maximum atomic E-state index is 13.5. The third-order valence-corrected chi connectivity index (χ3v) is 9.30. The highest BCUT2D eigenvalue weighted by Crippen LogP contribution is 2.39. The number of aliphatic hydroxyl groups excluding tert-OH is 1. The minimum atomic E-state index is -0.313. The van der Waals surface area contributed by atoms with Crippen LogP contribution >= 0.6 is 0 Å². The van der Waals surface area contributed by atoms with E-state index >= 15 is 0 Å². The average molecular weight is 635 g/mol. The molecule has 1 aliphatic carbocycles. The van der Waals surface area contributed by atoms with Crippen LogP contribution in [0, 0.1) is 0 Å². The molecule has 3 N–H and O–H groups in total. The molecule has 1 fully saturated rings. The van der Waals surface area contributed by atoms with Crippen LogP contribution in [0.4, 0.5) is 10.6 Å². The van der Waals surface area contributed by atoms with E-state index in [1.165, 1.54) is 0 Å². The number of nitrogens with zero attached hydrogens (tertiary/aromatic N) is 6. The predicted octanol–water partition coefficient (Wildman–Crippen LogP) is 6.25. The van der Waals surface area contributed by atoms with Crippen molar-refractivity contribution in [2.75, 3.05) is 18.9 Å². The first-order valence-electron chi connectivity index (χ1n) is 16.4. The predicted molar refractivity (Wildman–Crippen MR) is 180 cm³/mol. The van der Waals surface area contributed by atoms with Crippen molar-refractivity contribution in [2.24, 2.45) is 0 Å². The van der Waals surface area contributed by atoms with Crippen molar-refractivity contribution in [1.29, 1.82) is 0 Å². The molecule has 2 aliphatic rings. The zero-order chi connectivity index (χ0) is 32.7. The summed E-state index contributed by atoms with van der Waals surface area (Å²) < 4.78 is 10.4. The van der Waals surface area contributed by atoms with Crippen molar-refractivity contribution in [3.05, 3.63) is 101 Å². The number of aromatic nitrogens is 5. The van der Waals surface area contributed by atoms with E-state index in [1.807, 2.05) is 60.8 Å². The lowest BCUT2D eigenvalue weighted by Gasteiger charge is -2.32. The number of fused-ring (bicyclic) bond motifs is 2. The van der Waals surface area contributed by atoms with Crippen LogP contribution in [0.2, 0.25) is 0 Å². The minimum absolute atomic E-state index is 0.0786. The fourth-order valence-electron chi connectivity index (χ4n) is 6.74. The second kappa shape index (κ2) is 12.5. The van der Waals surface area contributed by atoms with Gasteiger partial charge in [-0.1, -0.05) is 57.2 Å². The lowest BCUT2D eigenvalue weighted by Crippen LogP contribution is -2.36. The molecular formula is C36H42N8O3. The number of benzene rings is 2. The number of carbonyl (C=O) groups is 1. The standard InChI is InChI=1S/C36H42N8O3/c1-36(2,3)31-20-33(44(41-31)24-10-7-9-23(19-24)22-45)38-35(46)37-28-15-16-30(27-12-6-5-11-26(27)28)47-25-14-17-32-39-40-34(43(32)21-25)29-13-8-18-42(29)4/h5-7,9-12,14,17,19-21,28-30,45H,8,13,15-16,18,22H2,1-4H3,(H2,37,38,46)/t28-,29-,30+/m0/s1. The van der Waals surface area contributed by atoms with E-state index in [0.717, 1.165) is 71.1 Å². The zero-order valence-corrected chi connectivity index (χ0v) is 27.3. The van der Waals surface area contributed by atoms with Crippen LogP contribution < -0.4 is 15.4 Å². The number of ether oxygens (including phenoxy) is 1. The Morgan fingerprint density at radius 1 is 1.00 bits per heavy atom. The highest BCUT2D eigenvalue weighted by Gasteiger charge is 2.31. The number of hydrogen-bond donors (Lipinski definition) is 3. The van der Waals surface area contributed by atoms with Gasteiger partial charge in [-0.2, -0.15) is 5.10 Å². The average Bonchev–Trinajstić information content (AvgIpc) is 3.80. The molecule has 244 valence electrons. The summed E-state index contributed by atoms with van der Waals surface area (Å²) in [5.74, 6) is 2.26. The van der Waals surface area contributed by atoms with Crippen molar-refractivity contribution < 1.29 is 14.6 Å². The summed E-state index contributed by atoms with van der Waals surface area (Å²) in [6.45, 7) is 7.24. The van der Waals surface area contributed by atoms with Crippen LogP contribution in [0.5, 0.6) is 5.75 Å². The molecule has 11 nitrogen and oxygen atoms in total. The summed E-state index contributed by atoms with van der Waals surface area (Å²) in [4.78, 5) is 15.9. The molecular weight excluding hydrogens is 592 g/mol. The quantitative estimate of drug-likeness (QED) is 0.194. The Morgan fingerprint density at radius 3 is 2.60 bits per heavy atom. The Labute approximate surface area is 274 Å². The van der Waals surface area contributed by atoms with Crippen molar-refractivity contribution in [1.82, 2.24) is 34.6 Å². The number of amides is 2. The third-order valence-electron chi connectivity index (χ3n) is 9.30. The molecule has 0 unspecified atom stereocenters. The van der Waals surface area contributed by atoms with Crippen molar-refractivity contribution in [3.63, 3.8) is 0 Å². The summed E-state index contributed by atoms with van der Waals surface area (Å²) in [6, 6.07) is 21.2. The van der Waals surface area contributed by atoms with Crippen LogP contribution in [0.25, 0.3) is 11.3 Å². The maximum Gasteiger partial charge on any atom is 0.320 e. The fourth-order valence-corrected chi connectivity index (χ4v) is 6.74. The van der Waals surface area contributed by atoms with Crippen molar-refractivity contribution in [2.45, 2.75) is 76.7 Å². The van der Waals surface area contributed by atoms with Crippen LogP contribution in [0.3, 0.4) is 0 Å². The van der Waals surface area contributed by atoms with Gasteiger partial charge < -0.3 is 15.2 Å². The van der Waals surface area contributed by atoms with Gasteiger partial charge in [0.25, 0.3) is 0 Å². The van der Waals surface area contributed by atoms with E-state index in [0.29, 0.717) is 12.2 Å². The molecule has 2 amide bonds. The molecule has 0 spiro atoms. The molecule has 5 aromatic rings. The van der Waals surface area contributed by atoms with Gasteiger partial charge >= 0.3 is 6.03 Å². The van der Waals surface area contributed by atoms with Gasteiger partial charge in [0.05, 0.1) is 36.3 Å². The number of rotatable bonds is 7. The Hall–Kier alpha value is -4.74. The summed E-state index contributed by atoms with van der Waals surface area (Å²) in [5, 5.41) is 29.7. The van der Waals surface area contributed by atoms with Gasteiger partial charge in [-0.25, -0.2) is 9.48 Å². The first-order valence-corrected chi connectivity index (χ1v) is 16.4. The first kappa shape index (κ1) is 30.9. The topological polar surface area (TPSA) is 122 Å². The highest BCUT2D eigenvalue weighted by atomic mass is 16.5. The van der Waals surface area contributed by atoms with Crippen LogP contribution in [0.1, 0.15) is 92.9 Å². The normalized spacial score (nSPS) is 19.9. The van der Waals surface area contributed by atoms with E-state index in [-0.39, 0.29) is 36.2 Å². The third kappa shape index (κ3) is 6.20. The van der Waals surface area contributed by atoms with Crippen LogP contribution in [-0.4, -0.2) is 54.0 Å². The van der Waals surface area contributed by atoms with Crippen LogP contribution in [-0.2, 0) is 12.0 Å². The number of hydrogen-bond acceptors (Lipinski definition) is 7.